The molecule has 0 radical (unpaired) electrons. The van der Waals surface area contributed by atoms with E-state index in [4.69, 9.17) is 11.6 Å². The third-order valence-electron chi connectivity index (χ3n) is 1.74. The predicted octanol–water partition coefficient (Wildman–Crippen LogP) is 3.35. The summed E-state index contributed by atoms with van der Waals surface area (Å²) in [5, 5.41) is 0.532. The summed E-state index contributed by atoms with van der Waals surface area (Å²) in [6, 6.07) is 2.86. The Balaban J connectivity index is 3.25. The minimum Gasteiger partial charge on any atom is -0.207 e. The molecule has 0 aliphatic heterocycles. The van der Waals surface area contributed by atoms with Crippen molar-refractivity contribution in [3.63, 3.8) is 0 Å². The second kappa shape index (κ2) is 3.22. The van der Waals surface area contributed by atoms with Crippen molar-refractivity contribution in [2.75, 3.05) is 0 Å². The van der Waals surface area contributed by atoms with E-state index in [1.165, 1.54) is 12.1 Å². The zero-order valence-electron chi connectivity index (χ0n) is 6.62. The Morgan fingerprint density at radius 1 is 1.45 bits per heavy atom. The number of aryl methyl sites for hydroxylation is 1. The summed E-state index contributed by atoms with van der Waals surface area (Å²) in [4.78, 5) is 0. The molecule has 0 spiro atoms. The summed E-state index contributed by atoms with van der Waals surface area (Å²) in [7, 11) is 0. The van der Waals surface area contributed by atoms with Gasteiger partial charge >= 0.3 is 0 Å². The van der Waals surface area contributed by atoms with Crippen molar-refractivity contribution in [1.82, 2.24) is 0 Å². The van der Waals surface area contributed by atoms with Crippen molar-refractivity contribution in [3.05, 3.63) is 34.1 Å². The van der Waals surface area contributed by atoms with Crippen LogP contribution >= 0.6 is 11.6 Å². The van der Waals surface area contributed by atoms with Crippen LogP contribution in [0.4, 0.5) is 4.39 Å². The van der Waals surface area contributed by atoms with Crippen LogP contribution in [-0.2, 0) is 6.42 Å². The van der Waals surface area contributed by atoms with Gasteiger partial charge in [0.15, 0.2) is 0 Å². The van der Waals surface area contributed by atoms with Crippen molar-refractivity contribution >= 4 is 11.6 Å². The maximum atomic E-state index is 12.7. The van der Waals surface area contributed by atoms with Gasteiger partial charge in [0.2, 0.25) is 0 Å². The summed E-state index contributed by atoms with van der Waals surface area (Å²) in [5.41, 5.74) is 1.96. The Kier molecular flexibility index (Phi) is 2.50. The molecule has 0 aliphatic carbocycles. The van der Waals surface area contributed by atoms with Crippen molar-refractivity contribution in [2.45, 2.75) is 20.3 Å². The molecular formula is C9H10ClF. The molecule has 0 amide bonds. The number of hydrogen-bond donors (Lipinski definition) is 0. The number of rotatable bonds is 1. The second-order valence-electron chi connectivity index (χ2n) is 2.54. The lowest BCUT2D eigenvalue weighted by atomic mass is 10.1. The van der Waals surface area contributed by atoms with Crippen LogP contribution in [-0.4, -0.2) is 0 Å². The standard InChI is InChI=1S/C9H10ClF/c1-3-8-6(2)4-7(11)5-9(8)10/h4-5H,3H2,1-2H3. The quantitative estimate of drug-likeness (QED) is 0.610. The van der Waals surface area contributed by atoms with Crippen LogP contribution in [0.2, 0.25) is 5.02 Å². The minimum absolute atomic E-state index is 0.260. The van der Waals surface area contributed by atoms with Gasteiger partial charge in [-0.15, -0.1) is 0 Å². The van der Waals surface area contributed by atoms with Gasteiger partial charge in [0.1, 0.15) is 5.82 Å². The van der Waals surface area contributed by atoms with Gasteiger partial charge in [-0.3, -0.25) is 0 Å². The number of benzene rings is 1. The Morgan fingerprint density at radius 2 is 2.09 bits per heavy atom. The molecule has 0 bridgehead atoms. The van der Waals surface area contributed by atoms with E-state index in [1.807, 2.05) is 13.8 Å². The van der Waals surface area contributed by atoms with Gasteiger partial charge in [0.05, 0.1) is 0 Å². The van der Waals surface area contributed by atoms with Crippen LogP contribution in [0.15, 0.2) is 12.1 Å². The molecule has 11 heavy (non-hydrogen) atoms. The summed E-state index contributed by atoms with van der Waals surface area (Å²) >= 11 is 5.79. The highest BCUT2D eigenvalue weighted by atomic mass is 35.5. The fourth-order valence-electron chi connectivity index (χ4n) is 1.18. The van der Waals surface area contributed by atoms with E-state index in [9.17, 15) is 4.39 Å². The van der Waals surface area contributed by atoms with Gasteiger partial charge in [-0.1, -0.05) is 18.5 Å². The molecule has 0 heterocycles. The van der Waals surface area contributed by atoms with Crippen molar-refractivity contribution < 1.29 is 4.39 Å². The zero-order valence-corrected chi connectivity index (χ0v) is 7.37. The molecule has 1 rings (SSSR count). The van der Waals surface area contributed by atoms with E-state index in [2.05, 4.69) is 0 Å². The summed E-state index contributed by atoms with van der Waals surface area (Å²) in [6.45, 7) is 3.87. The minimum atomic E-state index is -0.260. The van der Waals surface area contributed by atoms with E-state index in [0.29, 0.717) is 5.02 Å². The van der Waals surface area contributed by atoms with Crippen LogP contribution in [0, 0.1) is 12.7 Å². The van der Waals surface area contributed by atoms with E-state index in [1.54, 1.807) is 0 Å². The Hall–Kier alpha value is -0.560. The lowest BCUT2D eigenvalue weighted by Gasteiger charge is -2.04. The van der Waals surface area contributed by atoms with Gasteiger partial charge in [-0.05, 0) is 36.6 Å². The van der Waals surface area contributed by atoms with Crippen LogP contribution in [0.25, 0.3) is 0 Å². The highest BCUT2D eigenvalue weighted by Gasteiger charge is 2.03. The van der Waals surface area contributed by atoms with Crippen LogP contribution in [0.5, 0.6) is 0 Å². The number of halogens is 2. The molecule has 0 atom stereocenters. The molecular weight excluding hydrogens is 163 g/mol. The molecule has 0 N–H and O–H groups in total. The average molecular weight is 173 g/mol. The molecule has 60 valence electrons. The van der Waals surface area contributed by atoms with Crippen LogP contribution in [0.1, 0.15) is 18.1 Å². The second-order valence-corrected chi connectivity index (χ2v) is 2.94. The van der Waals surface area contributed by atoms with E-state index in [0.717, 1.165) is 17.5 Å². The first-order chi connectivity index (χ1) is 5.15. The van der Waals surface area contributed by atoms with E-state index < -0.39 is 0 Å². The van der Waals surface area contributed by atoms with Crippen molar-refractivity contribution in [2.24, 2.45) is 0 Å². The summed E-state index contributed by atoms with van der Waals surface area (Å²) < 4.78 is 12.7. The largest absolute Gasteiger partial charge is 0.207 e. The predicted molar refractivity (Wildman–Crippen MR) is 45.5 cm³/mol. The van der Waals surface area contributed by atoms with Gasteiger partial charge in [0.25, 0.3) is 0 Å². The van der Waals surface area contributed by atoms with Crippen molar-refractivity contribution in [3.8, 4) is 0 Å². The van der Waals surface area contributed by atoms with Crippen LogP contribution < -0.4 is 0 Å². The highest BCUT2D eigenvalue weighted by molar-refractivity contribution is 6.31. The van der Waals surface area contributed by atoms with E-state index >= 15 is 0 Å². The lowest BCUT2D eigenvalue weighted by Crippen LogP contribution is -1.89. The third-order valence-corrected chi connectivity index (χ3v) is 2.07. The highest BCUT2D eigenvalue weighted by Crippen LogP contribution is 2.21. The van der Waals surface area contributed by atoms with Gasteiger partial charge < -0.3 is 0 Å². The molecule has 0 unspecified atom stereocenters. The topological polar surface area (TPSA) is 0 Å². The maximum absolute atomic E-state index is 12.7. The number of hydrogen-bond acceptors (Lipinski definition) is 0. The third kappa shape index (κ3) is 1.72. The summed E-state index contributed by atoms with van der Waals surface area (Å²) in [6.07, 6.45) is 0.852. The molecule has 0 nitrogen and oxygen atoms in total. The van der Waals surface area contributed by atoms with Gasteiger partial charge in [-0.2, -0.15) is 0 Å². The Morgan fingerprint density at radius 3 is 2.55 bits per heavy atom. The Labute approximate surface area is 71.0 Å². The molecule has 2 heteroatoms. The molecule has 0 fully saturated rings. The smallest absolute Gasteiger partial charge is 0.124 e. The normalized spacial score (nSPS) is 10.2. The molecule has 0 saturated carbocycles. The first-order valence-electron chi connectivity index (χ1n) is 3.59. The fraction of sp³-hybridized carbons (Fsp3) is 0.333. The van der Waals surface area contributed by atoms with Gasteiger partial charge in [0, 0.05) is 5.02 Å². The van der Waals surface area contributed by atoms with Crippen molar-refractivity contribution in [1.29, 1.82) is 0 Å². The molecule has 0 aromatic heterocycles. The average Bonchev–Trinajstić information content (AvgIpc) is 1.85. The lowest BCUT2D eigenvalue weighted by molar-refractivity contribution is 0.626. The molecule has 0 saturated heterocycles. The van der Waals surface area contributed by atoms with Gasteiger partial charge in [-0.25, -0.2) is 4.39 Å². The van der Waals surface area contributed by atoms with E-state index in [-0.39, 0.29) is 5.82 Å². The Bertz CT molecular complexity index is 245. The SMILES string of the molecule is CCc1c(C)cc(F)cc1Cl. The zero-order chi connectivity index (χ0) is 8.43. The monoisotopic (exact) mass is 172 g/mol. The maximum Gasteiger partial charge on any atom is 0.124 e. The summed E-state index contributed by atoms with van der Waals surface area (Å²) in [5.74, 6) is -0.260. The first kappa shape index (κ1) is 8.54. The molecule has 1 aromatic carbocycles. The fourth-order valence-corrected chi connectivity index (χ4v) is 1.57. The van der Waals surface area contributed by atoms with Crippen LogP contribution in [0.3, 0.4) is 0 Å². The first-order valence-corrected chi connectivity index (χ1v) is 3.97. The molecule has 0 aliphatic rings. The molecule has 1 aromatic rings.